The second kappa shape index (κ2) is 6.99. The number of aliphatic hydroxyl groups is 1. The fourth-order valence-electron chi connectivity index (χ4n) is 1.34. The van der Waals surface area contributed by atoms with Gasteiger partial charge in [-0.25, -0.2) is 0 Å². The molecular weight excluding hydrogens is 256 g/mol. The second-order valence-corrected chi connectivity index (χ2v) is 4.45. The van der Waals surface area contributed by atoms with Gasteiger partial charge in [0.15, 0.2) is 0 Å². The molecule has 0 amide bonds. The van der Waals surface area contributed by atoms with Crippen LogP contribution in [0.5, 0.6) is 0 Å². The van der Waals surface area contributed by atoms with E-state index in [0.717, 1.165) is 22.9 Å². The quantitative estimate of drug-likeness (QED) is 0.862. The van der Waals surface area contributed by atoms with Gasteiger partial charge in [-0.15, -0.1) is 0 Å². The van der Waals surface area contributed by atoms with Gasteiger partial charge in [0.2, 0.25) is 0 Å². The maximum absolute atomic E-state index is 9.05. The Morgan fingerprint density at radius 2 is 2.00 bits per heavy atom. The van der Waals surface area contributed by atoms with Crippen molar-refractivity contribution in [1.82, 2.24) is 0 Å². The standard InChI is InChI=1S/C12H17BrO2/c1-2-3-12(8-14)15-9-10-4-6-11(13)7-5-10/h4-7,12,14H,2-3,8-9H2,1H3/t12-/m1/s1. The van der Waals surface area contributed by atoms with Crippen molar-refractivity contribution in [2.75, 3.05) is 6.61 Å². The van der Waals surface area contributed by atoms with Gasteiger partial charge in [0.1, 0.15) is 0 Å². The lowest BCUT2D eigenvalue weighted by molar-refractivity contribution is -0.00245. The zero-order chi connectivity index (χ0) is 11.1. The van der Waals surface area contributed by atoms with Gasteiger partial charge in [-0.1, -0.05) is 41.4 Å². The summed E-state index contributed by atoms with van der Waals surface area (Å²) in [5, 5.41) is 9.05. The van der Waals surface area contributed by atoms with E-state index in [0.29, 0.717) is 6.61 Å². The maximum atomic E-state index is 9.05. The summed E-state index contributed by atoms with van der Waals surface area (Å²) in [6.07, 6.45) is 1.91. The molecule has 3 heteroatoms. The minimum absolute atomic E-state index is 0.0290. The third-order valence-electron chi connectivity index (χ3n) is 2.21. The molecule has 1 aromatic carbocycles. The summed E-state index contributed by atoms with van der Waals surface area (Å²) in [6, 6.07) is 8.02. The summed E-state index contributed by atoms with van der Waals surface area (Å²) >= 11 is 3.38. The Morgan fingerprint density at radius 3 is 2.53 bits per heavy atom. The highest BCUT2D eigenvalue weighted by molar-refractivity contribution is 9.10. The largest absolute Gasteiger partial charge is 0.394 e. The first-order valence-electron chi connectivity index (χ1n) is 5.23. The van der Waals surface area contributed by atoms with Crippen molar-refractivity contribution in [3.63, 3.8) is 0 Å². The minimum atomic E-state index is -0.0290. The predicted molar refractivity (Wildman–Crippen MR) is 64.7 cm³/mol. The van der Waals surface area contributed by atoms with E-state index in [1.54, 1.807) is 0 Å². The normalized spacial score (nSPS) is 12.7. The summed E-state index contributed by atoms with van der Waals surface area (Å²) in [7, 11) is 0. The van der Waals surface area contributed by atoms with Crippen molar-refractivity contribution >= 4 is 15.9 Å². The molecule has 0 saturated carbocycles. The van der Waals surface area contributed by atoms with Crippen LogP contribution >= 0.6 is 15.9 Å². The van der Waals surface area contributed by atoms with Crippen LogP contribution in [-0.2, 0) is 11.3 Å². The maximum Gasteiger partial charge on any atom is 0.0810 e. The lowest BCUT2D eigenvalue weighted by atomic mass is 10.2. The van der Waals surface area contributed by atoms with E-state index in [9.17, 15) is 0 Å². The van der Waals surface area contributed by atoms with E-state index < -0.39 is 0 Å². The molecule has 1 aromatic rings. The first kappa shape index (κ1) is 12.7. The Morgan fingerprint density at radius 1 is 1.33 bits per heavy atom. The molecule has 0 aliphatic carbocycles. The summed E-state index contributed by atoms with van der Waals surface area (Å²) in [4.78, 5) is 0. The molecule has 0 unspecified atom stereocenters. The highest BCUT2D eigenvalue weighted by Gasteiger charge is 2.06. The first-order valence-corrected chi connectivity index (χ1v) is 6.02. The Balaban J connectivity index is 2.38. The van der Waals surface area contributed by atoms with Crippen molar-refractivity contribution in [3.8, 4) is 0 Å². The number of hydrogen-bond acceptors (Lipinski definition) is 2. The van der Waals surface area contributed by atoms with Crippen LogP contribution in [0.4, 0.5) is 0 Å². The van der Waals surface area contributed by atoms with E-state index in [1.807, 2.05) is 24.3 Å². The number of halogens is 1. The Labute approximate surface area is 99.4 Å². The molecule has 2 nitrogen and oxygen atoms in total. The molecule has 0 radical (unpaired) electrons. The lowest BCUT2D eigenvalue weighted by Crippen LogP contribution is -2.17. The number of ether oxygens (including phenoxy) is 1. The van der Waals surface area contributed by atoms with Crippen LogP contribution in [0.25, 0.3) is 0 Å². The molecule has 0 aliphatic heterocycles. The zero-order valence-corrected chi connectivity index (χ0v) is 10.5. The fraction of sp³-hybridized carbons (Fsp3) is 0.500. The van der Waals surface area contributed by atoms with Crippen molar-refractivity contribution < 1.29 is 9.84 Å². The average Bonchev–Trinajstić information content (AvgIpc) is 2.26. The minimum Gasteiger partial charge on any atom is -0.394 e. The van der Waals surface area contributed by atoms with E-state index in [-0.39, 0.29) is 12.7 Å². The van der Waals surface area contributed by atoms with Crippen molar-refractivity contribution in [2.24, 2.45) is 0 Å². The number of rotatable bonds is 6. The zero-order valence-electron chi connectivity index (χ0n) is 8.95. The topological polar surface area (TPSA) is 29.5 Å². The smallest absolute Gasteiger partial charge is 0.0810 e. The molecule has 15 heavy (non-hydrogen) atoms. The van der Waals surface area contributed by atoms with Gasteiger partial charge in [0.05, 0.1) is 19.3 Å². The monoisotopic (exact) mass is 272 g/mol. The SMILES string of the molecule is CCC[C@H](CO)OCc1ccc(Br)cc1. The third-order valence-corrected chi connectivity index (χ3v) is 2.74. The van der Waals surface area contributed by atoms with Crippen molar-refractivity contribution in [2.45, 2.75) is 32.5 Å². The fourth-order valence-corrected chi connectivity index (χ4v) is 1.61. The molecule has 0 heterocycles. The summed E-state index contributed by atoms with van der Waals surface area (Å²) in [6.45, 7) is 2.76. The predicted octanol–water partition coefficient (Wildman–Crippen LogP) is 3.13. The molecular formula is C12H17BrO2. The highest BCUT2D eigenvalue weighted by Crippen LogP contribution is 2.12. The van der Waals surface area contributed by atoms with Crippen LogP contribution in [-0.4, -0.2) is 17.8 Å². The summed E-state index contributed by atoms with van der Waals surface area (Å²) in [5.41, 5.74) is 1.13. The van der Waals surface area contributed by atoms with Crippen LogP contribution in [0.1, 0.15) is 25.3 Å². The van der Waals surface area contributed by atoms with Gasteiger partial charge in [-0.05, 0) is 24.1 Å². The third kappa shape index (κ3) is 4.78. The lowest BCUT2D eigenvalue weighted by Gasteiger charge is -2.14. The highest BCUT2D eigenvalue weighted by atomic mass is 79.9. The number of hydrogen-bond donors (Lipinski definition) is 1. The van der Waals surface area contributed by atoms with Gasteiger partial charge in [0.25, 0.3) is 0 Å². The molecule has 0 spiro atoms. The molecule has 0 saturated heterocycles. The second-order valence-electron chi connectivity index (χ2n) is 3.53. The molecule has 84 valence electrons. The summed E-state index contributed by atoms with van der Waals surface area (Å²) in [5.74, 6) is 0. The Hall–Kier alpha value is -0.380. The van der Waals surface area contributed by atoms with Gasteiger partial charge >= 0.3 is 0 Å². The molecule has 0 aliphatic rings. The van der Waals surface area contributed by atoms with E-state index in [1.165, 1.54) is 0 Å². The molecule has 0 bridgehead atoms. The Kier molecular flexibility index (Phi) is 5.91. The van der Waals surface area contributed by atoms with Crippen LogP contribution in [0.3, 0.4) is 0 Å². The average molecular weight is 273 g/mol. The molecule has 0 aromatic heterocycles. The Bertz CT molecular complexity index is 271. The molecule has 1 rings (SSSR count). The van der Waals surface area contributed by atoms with Crippen LogP contribution < -0.4 is 0 Å². The van der Waals surface area contributed by atoms with Crippen LogP contribution in [0.2, 0.25) is 0 Å². The first-order chi connectivity index (χ1) is 7.26. The van der Waals surface area contributed by atoms with Gasteiger partial charge in [-0.3, -0.25) is 0 Å². The van der Waals surface area contributed by atoms with E-state index in [4.69, 9.17) is 9.84 Å². The van der Waals surface area contributed by atoms with Crippen molar-refractivity contribution in [3.05, 3.63) is 34.3 Å². The van der Waals surface area contributed by atoms with Gasteiger partial charge < -0.3 is 9.84 Å². The molecule has 1 N–H and O–H groups in total. The number of aliphatic hydroxyl groups excluding tert-OH is 1. The molecule has 1 atom stereocenters. The van der Waals surface area contributed by atoms with Crippen molar-refractivity contribution in [1.29, 1.82) is 0 Å². The van der Waals surface area contributed by atoms with E-state index >= 15 is 0 Å². The van der Waals surface area contributed by atoms with Gasteiger partial charge in [-0.2, -0.15) is 0 Å². The summed E-state index contributed by atoms with van der Waals surface area (Å²) < 4.78 is 6.66. The van der Waals surface area contributed by atoms with Gasteiger partial charge in [0, 0.05) is 4.47 Å². The number of benzene rings is 1. The van der Waals surface area contributed by atoms with Crippen LogP contribution in [0, 0.1) is 0 Å². The van der Waals surface area contributed by atoms with E-state index in [2.05, 4.69) is 22.9 Å². The van der Waals surface area contributed by atoms with Crippen LogP contribution in [0.15, 0.2) is 28.7 Å². The molecule has 0 fully saturated rings.